The van der Waals surface area contributed by atoms with Crippen molar-refractivity contribution in [3.05, 3.63) is 62.9 Å². The minimum Gasteiger partial charge on any atom is -0.404 e. The normalized spacial score (nSPS) is 33.8. The molecular formula is C16H16ClN2O9P. The lowest BCUT2D eigenvalue weighted by Gasteiger charge is -2.29. The third-order valence-electron chi connectivity index (χ3n) is 4.48. The maximum absolute atomic E-state index is 12.7. The summed E-state index contributed by atoms with van der Waals surface area (Å²) in [6.07, 6.45) is -3.71. The highest BCUT2D eigenvalue weighted by atomic mass is 35.5. The number of aliphatic hydroxyl groups is 2. The predicted octanol–water partition coefficient (Wildman–Crippen LogP) is 0.456. The van der Waals surface area contributed by atoms with Crippen molar-refractivity contribution in [2.75, 3.05) is 6.61 Å². The Hall–Kier alpha value is -1.98. The number of aliphatic hydroxyl groups excluding tert-OH is 2. The molecule has 156 valence electrons. The number of rotatable bonds is 4. The number of nitrogens with zero attached hydrogens (tertiary/aromatic N) is 1. The molecular weight excluding hydrogens is 431 g/mol. The quantitative estimate of drug-likeness (QED) is 0.449. The maximum Gasteiger partial charge on any atom is 0.530 e. The molecule has 1 aromatic carbocycles. The molecule has 1 unspecified atom stereocenters. The third kappa shape index (κ3) is 3.78. The monoisotopic (exact) mass is 446 g/mol. The fourth-order valence-electron chi connectivity index (χ4n) is 2.96. The fraction of sp³-hybridized carbons (Fsp3) is 0.375. The van der Waals surface area contributed by atoms with Crippen molar-refractivity contribution in [3.8, 4) is 5.75 Å². The summed E-state index contributed by atoms with van der Waals surface area (Å²) < 4.78 is 34.6. The van der Waals surface area contributed by atoms with E-state index in [0.29, 0.717) is 11.3 Å². The van der Waals surface area contributed by atoms with Gasteiger partial charge in [0.05, 0.1) is 6.61 Å². The molecule has 2 aromatic rings. The van der Waals surface area contributed by atoms with E-state index in [0.717, 1.165) is 16.8 Å². The average Bonchev–Trinajstić information content (AvgIpc) is 2.91. The number of halogens is 1. The summed E-state index contributed by atoms with van der Waals surface area (Å²) in [5.74, 6) is 0.316. The largest absolute Gasteiger partial charge is 0.530 e. The van der Waals surface area contributed by atoms with Crippen LogP contribution in [0.1, 0.15) is 11.8 Å². The van der Waals surface area contributed by atoms with Gasteiger partial charge in [-0.2, -0.15) is 0 Å². The van der Waals surface area contributed by atoms with Crippen LogP contribution in [0.2, 0.25) is 0 Å². The van der Waals surface area contributed by atoms with Gasteiger partial charge >= 0.3 is 13.5 Å². The molecule has 3 N–H and O–H groups in total. The van der Waals surface area contributed by atoms with Crippen molar-refractivity contribution in [2.24, 2.45) is 0 Å². The number of para-hydroxylation sites is 1. The minimum atomic E-state index is -4.07. The molecule has 1 fully saturated rings. The van der Waals surface area contributed by atoms with Gasteiger partial charge in [-0.05, 0) is 6.07 Å². The number of phosphoric ester groups is 1. The molecule has 0 saturated carbocycles. The molecule has 0 aliphatic carbocycles. The van der Waals surface area contributed by atoms with Crippen LogP contribution in [0.15, 0.2) is 46.1 Å². The summed E-state index contributed by atoms with van der Waals surface area (Å²) in [6, 6.07) is 7.81. The van der Waals surface area contributed by atoms with E-state index in [4.69, 9.17) is 29.9 Å². The highest BCUT2D eigenvalue weighted by molar-refractivity contribution is 7.49. The Kier molecular flexibility index (Phi) is 5.16. The number of alkyl halides is 1. The molecule has 0 spiro atoms. The first-order valence-corrected chi connectivity index (χ1v) is 10.3. The Balaban J connectivity index is 1.51. The number of hydrogen-bond donors (Lipinski definition) is 3. The van der Waals surface area contributed by atoms with Crippen molar-refractivity contribution < 1.29 is 33.1 Å². The standard InChI is InChI=1S/C16H16ClN2O9P/c17-16(8-26-29(24)25-7-9-3-1-2-4-10(9)28-29)13(22)12(21)14(27-16)19-6-5-11(20)18-15(19)23/h1-6,12-14,21-22H,7-8H2,(H,18,20,23)/t12-,13+,14-,16-,29?/m1/s1. The Bertz CT molecular complexity index is 1090. The lowest BCUT2D eigenvalue weighted by molar-refractivity contribution is -0.0786. The number of ether oxygens (including phenoxy) is 1. The van der Waals surface area contributed by atoms with E-state index in [2.05, 4.69) is 0 Å². The molecule has 3 heterocycles. The lowest BCUT2D eigenvalue weighted by Crippen LogP contribution is -2.42. The smallest absolute Gasteiger partial charge is 0.404 e. The van der Waals surface area contributed by atoms with Gasteiger partial charge in [0.1, 0.15) is 24.6 Å². The van der Waals surface area contributed by atoms with Crippen LogP contribution in [0, 0.1) is 0 Å². The summed E-state index contributed by atoms with van der Waals surface area (Å²) in [5, 5.41) is 18.5. The molecule has 1 aromatic heterocycles. The van der Waals surface area contributed by atoms with Crippen molar-refractivity contribution in [1.82, 2.24) is 9.55 Å². The van der Waals surface area contributed by atoms with Gasteiger partial charge in [-0.3, -0.25) is 23.4 Å². The molecule has 5 atom stereocenters. The van der Waals surface area contributed by atoms with Gasteiger partial charge in [0.15, 0.2) is 11.3 Å². The van der Waals surface area contributed by atoms with Gasteiger partial charge in [0.2, 0.25) is 0 Å². The number of aromatic amines is 1. The number of nitrogens with one attached hydrogen (secondary N) is 1. The Labute approximate surface area is 168 Å². The van der Waals surface area contributed by atoms with Gasteiger partial charge in [-0.25, -0.2) is 9.36 Å². The molecule has 0 amide bonds. The highest BCUT2D eigenvalue weighted by Gasteiger charge is 2.56. The summed E-state index contributed by atoms with van der Waals surface area (Å²) >= 11 is 6.25. The molecule has 11 nitrogen and oxygen atoms in total. The van der Waals surface area contributed by atoms with Gasteiger partial charge in [0, 0.05) is 17.8 Å². The van der Waals surface area contributed by atoms with Gasteiger partial charge in [0.25, 0.3) is 5.56 Å². The number of phosphoric acid groups is 1. The number of H-pyrrole nitrogens is 1. The Morgan fingerprint density at radius 2 is 2.07 bits per heavy atom. The Morgan fingerprint density at radius 1 is 1.31 bits per heavy atom. The zero-order chi connectivity index (χ0) is 20.8. The highest BCUT2D eigenvalue weighted by Crippen LogP contribution is 2.55. The van der Waals surface area contributed by atoms with Crippen molar-refractivity contribution in [1.29, 1.82) is 0 Å². The molecule has 1 saturated heterocycles. The van der Waals surface area contributed by atoms with Crippen molar-refractivity contribution in [2.45, 2.75) is 30.1 Å². The zero-order valence-electron chi connectivity index (χ0n) is 14.6. The first kappa shape index (κ1) is 20.3. The van der Waals surface area contributed by atoms with Crippen LogP contribution in [0.25, 0.3) is 0 Å². The van der Waals surface area contributed by atoms with E-state index in [9.17, 15) is 24.4 Å². The van der Waals surface area contributed by atoms with Crippen LogP contribution in [0.3, 0.4) is 0 Å². The molecule has 2 aliphatic heterocycles. The second-order valence-electron chi connectivity index (χ2n) is 6.44. The molecule has 0 bridgehead atoms. The van der Waals surface area contributed by atoms with E-state index in [1.807, 2.05) is 4.98 Å². The average molecular weight is 447 g/mol. The van der Waals surface area contributed by atoms with Gasteiger partial charge < -0.3 is 19.5 Å². The first-order chi connectivity index (χ1) is 13.7. The summed E-state index contributed by atoms with van der Waals surface area (Å²) in [5.41, 5.74) is -0.850. The van der Waals surface area contributed by atoms with Crippen LogP contribution in [0.4, 0.5) is 0 Å². The third-order valence-corrected chi connectivity index (χ3v) is 6.21. The lowest BCUT2D eigenvalue weighted by atomic mass is 10.1. The number of benzene rings is 1. The molecule has 0 radical (unpaired) electrons. The van der Waals surface area contributed by atoms with E-state index in [1.54, 1.807) is 24.3 Å². The van der Waals surface area contributed by atoms with E-state index in [-0.39, 0.29) is 6.61 Å². The molecule has 13 heteroatoms. The van der Waals surface area contributed by atoms with Crippen LogP contribution >= 0.6 is 19.4 Å². The van der Waals surface area contributed by atoms with Crippen LogP contribution in [-0.4, -0.2) is 43.6 Å². The topological polar surface area (TPSA) is 149 Å². The second kappa shape index (κ2) is 7.37. The number of hydrogen-bond acceptors (Lipinski definition) is 9. The predicted molar refractivity (Wildman–Crippen MR) is 97.5 cm³/mol. The first-order valence-electron chi connectivity index (χ1n) is 8.42. The van der Waals surface area contributed by atoms with Crippen molar-refractivity contribution in [3.63, 3.8) is 0 Å². The maximum atomic E-state index is 12.7. The fourth-order valence-corrected chi connectivity index (χ4v) is 4.55. The minimum absolute atomic E-state index is 0.0236. The van der Waals surface area contributed by atoms with Crippen LogP contribution < -0.4 is 15.8 Å². The summed E-state index contributed by atoms with van der Waals surface area (Å²) in [7, 11) is -4.07. The van der Waals surface area contributed by atoms with Crippen LogP contribution in [-0.2, 0) is 25.0 Å². The zero-order valence-corrected chi connectivity index (χ0v) is 16.3. The summed E-state index contributed by atoms with van der Waals surface area (Å²) in [6.45, 7) is -0.717. The second-order valence-corrected chi connectivity index (χ2v) is 8.67. The SMILES string of the molecule is O=c1ccn([C@@H]2O[C@](Cl)(COP3(=O)OCc4ccccc4O3)[C@@H](O)[C@H]2O)c(=O)[nH]1. The molecule has 4 rings (SSSR count). The molecule has 2 aliphatic rings. The van der Waals surface area contributed by atoms with Gasteiger partial charge in [-0.1, -0.05) is 29.8 Å². The summed E-state index contributed by atoms with van der Waals surface area (Å²) in [4.78, 5) is 25.1. The molecule has 29 heavy (non-hydrogen) atoms. The Morgan fingerprint density at radius 3 is 2.83 bits per heavy atom. The van der Waals surface area contributed by atoms with Crippen molar-refractivity contribution >= 4 is 19.4 Å². The van der Waals surface area contributed by atoms with E-state index < -0.39 is 49.2 Å². The van der Waals surface area contributed by atoms with E-state index in [1.165, 1.54) is 0 Å². The number of aromatic nitrogens is 2. The van der Waals surface area contributed by atoms with Gasteiger partial charge in [-0.15, -0.1) is 0 Å². The van der Waals surface area contributed by atoms with Crippen LogP contribution in [0.5, 0.6) is 5.75 Å². The number of fused-ring (bicyclic) bond motifs is 1. The van der Waals surface area contributed by atoms with E-state index >= 15 is 0 Å².